The summed E-state index contributed by atoms with van der Waals surface area (Å²) in [6, 6.07) is 2.12. The maximum atomic E-state index is 12.0. The Morgan fingerprint density at radius 3 is 2.84 bits per heavy atom. The van der Waals surface area contributed by atoms with Gasteiger partial charge in [-0.15, -0.1) is 0 Å². The van der Waals surface area contributed by atoms with Crippen molar-refractivity contribution in [3.63, 3.8) is 0 Å². The van der Waals surface area contributed by atoms with Crippen molar-refractivity contribution < 1.29 is 4.79 Å². The molecule has 0 aliphatic carbocycles. The first kappa shape index (κ1) is 14.6. The summed E-state index contributed by atoms with van der Waals surface area (Å²) >= 11 is 3.34. The van der Waals surface area contributed by atoms with Crippen LogP contribution in [0.15, 0.2) is 16.7 Å². The predicted octanol–water partition coefficient (Wildman–Crippen LogP) is 2.77. The van der Waals surface area contributed by atoms with E-state index in [1.165, 1.54) is 19.4 Å². The van der Waals surface area contributed by atoms with Crippen LogP contribution >= 0.6 is 15.9 Å². The van der Waals surface area contributed by atoms with Gasteiger partial charge in [0.15, 0.2) is 0 Å². The number of nitrogens with zero attached hydrogens (tertiary/aromatic N) is 1. The third-order valence-electron chi connectivity index (χ3n) is 3.64. The van der Waals surface area contributed by atoms with Gasteiger partial charge in [0.05, 0.1) is 0 Å². The zero-order chi connectivity index (χ0) is 13.7. The molecule has 0 atom stereocenters. The normalized spacial score (nSPS) is 17.6. The Balaban J connectivity index is 1.75. The van der Waals surface area contributed by atoms with Crippen LogP contribution in [0.1, 0.15) is 43.1 Å². The number of unbranched alkanes of at least 4 members (excludes halogenated alkanes) is 1. The third kappa shape index (κ3) is 4.35. The molecule has 1 fully saturated rings. The number of hydrogen-bond donors (Lipinski definition) is 2. The van der Waals surface area contributed by atoms with Gasteiger partial charge in [0, 0.05) is 29.8 Å². The van der Waals surface area contributed by atoms with Crippen LogP contribution in [-0.4, -0.2) is 41.5 Å². The molecule has 0 spiro atoms. The van der Waals surface area contributed by atoms with E-state index in [9.17, 15) is 4.79 Å². The van der Waals surface area contributed by atoms with E-state index >= 15 is 0 Å². The van der Waals surface area contributed by atoms with Crippen LogP contribution in [0.25, 0.3) is 0 Å². The van der Waals surface area contributed by atoms with Crippen molar-refractivity contribution in [2.75, 3.05) is 19.6 Å². The molecule has 2 N–H and O–H groups in total. The summed E-state index contributed by atoms with van der Waals surface area (Å²) < 4.78 is 0.909. The zero-order valence-electron chi connectivity index (χ0n) is 11.4. The summed E-state index contributed by atoms with van der Waals surface area (Å²) in [5.41, 5.74) is 0.625. The van der Waals surface area contributed by atoms with Crippen LogP contribution in [0.5, 0.6) is 0 Å². The fraction of sp³-hybridized carbons (Fsp3) is 0.643. The van der Waals surface area contributed by atoms with Gasteiger partial charge in [-0.1, -0.05) is 13.3 Å². The minimum absolute atomic E-state index is 0.00212. The van der Waals surface area contributed by atoms with Gasteiger partial charge in [0.25, 0.3) is 5.91 Å². The van der Waals surface area contributed by atoms with E-state index in [-0.39, 0.29) is 5.91 Å². The highest BCUT2D eigenvalue weighted by molar-refractivity contribution is 9.10. The van der Waals surface area contributed by atoms with E-state index in [0.717, 1.165) is 30.4 Å². The molecule has 5 heteroatoms. The number of H-pyrrole nitrogens is 1. The Bertz CT molecular complexity index is 411. The largest absolute Gasteiger partial charge is 0.356 e. The minimum atomic E-state index is -0.00212. The van der Waals surface area contributed by atoms with Gasteiger partial charge in [-0.3, -0.25) is 4.79 Å². The number of piperidine rings is 1. The number of aromatic nitrogens is 1. The first-order valence-electron chi connectivity index (χ1n) is 7.06. The molecule has 2 rings (SSSR count). The van der Waals surface area contributed by atoms with Crippen molar-refractivity contribution in [2.24, 2.45) is 0 Å². The number of amides is 1. The van der Waals surface area contributed by atoms with E-state index in [2.05, 4.69) is 38.1 Å². The van der Waals surface area contributed by atoms with E-state index < -0.39 is 0 Å². The summed E-state index contributed by atoms with van der Waals surface area (Å²) in [6.45, 7) is 5.61. The Kier molecular flexibility index (Phi) is 5.45. The second-order valence-corrected chi connectivity index (χ2v) is 6.09. The lowest BCUT2D eigenvalue weighted by Gasteiger charge is -2.32. The summed E-state index contributed by atoms with van der Waals surface area (Å²) in [5, 5.41) is 3.11. The Labute approximate surface area is 123 Å². The molecule has 1 aliphatic heterocycles. The van der Waals surface area contributed by atoms with Crippen LogP contribution in [0.2, 0.25) is 0 Å². The lowest BCUT2D eigenvalue weighted by molar-refractivity contribution is 0.0906. The highest BCUT2D eigenvalue weighted by Gasteiger charge is 2.21. The summed E-state index contributed by atoms with van der Waals surface area (Å²) in [4.78, 5) is 17.5. The van der Waals surface area contributed by atoms with Gasteiger partial charge in [0.1, 0.15) is 5.69 Å². The molecule has 0 saturated carbocycles. The molecule has 0 bridgehead atoms. The Morgan fingerprint density at radius 2 is 2.26 bits per heavy atom. The second kappa shape index (κ2) is 7.10. The average molecular weight is 328 g/mol. The molecule has 0 radical (unpaired) electrons. The van der Waals surface area contributed by atoms with Gasteiger partial charge < -0.3 is 15.2 Å². The van der Waals surface area contributed by atoms with Gasteiger partial charge in [0.2, 0.25) is 0 Å². The van der Waals surface area contributed by atoms with Crippen molar-refractivity contribution in [2.45, 2.75) is 38.6 Å². The fourth-order valence-corrected chi connectivity index (χ4v) is 2.79. The first-order chi connectivity index (χ1) is 9.19. The first-order valence-corrected chi connectivity index (χ1v) is 7.85. The number of likely N-dealkylation sites (tertiary alicyclic amines) is 1. The standard InChI is InChI=1S/C14H22BrN3O/c1-2-3-6-18-7-4-12(5-8-18)17-14(19)13-9-11(15)10-16-13/h9-10,12,16H,2-8H2,1H3,(H,17,19). The monoisotopic (exact) mass is 327 g/mol. The second-order valence-electron chi connectivity index (χ2n) is 5.17. The van der Waals surface area contributed by atoms with Crippen molar-refractivity contribution in [3.05, 3.63) is 22.4 Å². The lowest BCUT2D eigenvalue weighted by Crippen LogP contribution is -2.44. The summed E-state index contributed by atoms with van der Waals surface area (Å²) in [6.07, 6.45) is 6.41. The maximum absolute atomic E-state index is 12.0. The van der Waals surface area contributed by atoms with Crippen LogP contribution < -0.4 is 5.32 Å². The average Bonchev–Trinajstić information content (AvgIpc) is 2.85. The van der Waals surface area contributed by atoms with Crippen molar-refractivity contribution in [1.29, 1.82) is 0 Å². The smallest absolute Gasteiger partial charge is 0.267 e. The Morgan fingerprint density at radius 1 is 1.53 bits per heavy atom. The van der Waals surface area contributed by atoms with Crippen molar-refractivity contribution in [1.82, 2.24) is 15.2 Å². The molecule has 1 saturated heterocycles. The molecule has 1 aromatic heterocycles. The van der Waals surface area contributed by atoms with Gasteiger partial charge in [-0.05, 0) is 47.8 Å². The van der Waals surface area contributed by atoms with E-state index in [0.29, 0.717) is 11.7 Å². The van der Waals surface area contributed by atoms with Crippen LogP contribution in [0.4, 0.5) is 0 Å². The molecule has 1 aromatic rings. The molecule has 19 heavy (non-hydrogen) atoms. The molecule has 4 nitrogen and oxygen atoms in total. The number of nitrogens with one attached hydrogen (secondary N) is 2. The van der Waals surface area contributed by atoms with E-state index in [1.807, 2.05) is 6.07 Å². The molecule has 1 aliphatic rings. The zero-order valence-corrected chi connectivity index (χ0v) is 13.0. The highest BCUT2D eigenvalue weighted by Crippen LogP contribution is 2.14. The van der Waals surface area contributed by atoms with Crippen LogP contribution in [0.3, 0.4) is 0 Å². The number of halogens is 1. The van der Waals surface area contributed by atoms with Crippen molar-refractivity contribution in [3.8, 4) is 0 Å². The lowest BCUT2D eigenvalue weighted by atomic mass is 10.0. The van der Waals surface area contributed by atoms with E-state index in [4.69, 9.17) is 0 Å². The van der Waals surface area contributed by atoms with Gasteiger partial charge >= 0.3 is 0 Å². The number of carbonyl (C=O) groups excluding carboxylic acids is 1. The molecule has 106 valence electrons. The fourth-order valence-electron chi connectivity index (χ4n) is 2.44. The Hall–Kier alpha value is -0.810. The van der Waals surface area contributed by atoms with Crippen LogP contribution in [0, 0.1) is 0 Å². The SMILES string of the molecule is CCCCN1CCC(NC(=O)c2cc(Br)c[nH]2)CC1. The number of rotatable bonds is 5. The number of aromatic amines is 1. The molecular formula is C14H22BrN3O. The van der Waals surface area contributed by atoms with Gasteiger partial charge in [-0.2, -0.15) is 0 Å². The molecule has 0 unspecified atom stereocenters. The number of carbonyl (C=O) groups is 1. The summed E-state index contributed by atoms with van der Waals surface area (Å²) in [5.74, 6) is -0.00212. The minimum Gasteiger partial charge on any atom is -0.356 e. The highest BCUT2D eigenvalue weighted by atomic mass is 79.9. The topological polar surface area (TPSA) is 48.1 Å². The summed E-state index contributed by atoms with van der Waals surface area (Å²) in [7, 11) is 0. The number of hydrogen-bond acceptors (Lipinski definition) is 2. The van der Waals surface area contributed by atoms with Crippen LogP contribution in [-0.2, 0) is 0 Å². The van der Waals surface area contributed by atoms with Gasteiger partial charge in [-0.25, -0.2) is 0 Å². The van der Waals surface area contributed by atoms with Crippen molar-refractivity contribution >= 4 is 21.8 Å². The van der Waals surface area contributed by atoms with E-state index in [1.54, 1.807) is 6.20 Å². The predicted molar refractivity (Wildman–Crippen MR) is 80.3 cm³/mol. The molecular weight excluding hydrogens is 306 g/mol. The maximum Gasteiger partial charge on any atom is 0.267 e. The molecule has 1 amide bonds. The quantitative estimate of drug-likeness (QED) is 0.873. The third-order valence-corrected chi connectivity index (χ3v) is 4.10. The molecule has 2 heterocycles. The molecule has 0 aromatic carbocycles.